The molecule has 29 heavy (non-hydrogen) atoms. The Balaban J connectivity index is 2.04. The van der Waals surface area contributed by atoms with Crippen molar-refractivity contribution >= 4 is 34.3 Å². The number of aryl methyl sites for hydroxylation is 2. The molecule has 0 bridgehead atoms. The zero-order valence-corrected chi connectivity index (χ0v) is 16.1. The van der Waals surface area contributed by atoms with Crippen molar-refractivity contribution in [1.29, 1.82) is 5.26 Å². The number of fused-ring (bicyclic) bond motifs is 1. The first-order valence-corrected chi connectivity index (χ1v) is 9.33. The predicted molar refractivity (Wildman–Crippen MR) is 108 cm³/mol. The normalized spacial score (nSPS) is 10.6. The number of pyridine rings is 1. The molecule has 2 aromatic carbocycles. The molecule has 0 radical (unpaired) electrons. The maximum atomic E-state index is 12.4. The third-order valence-corrected chi connectivity index (χ3v) is 5.01. The summed E-state index contributed by atoms with van der Waals surface area (Å²) in [5, 5.41) is 29.8. The second-order valence-corrected chi connectivity index (χ2v) is 6.92. The van der Waals surface area contributed by atoms with Crippen LogP contribution in [0.25, 0.3) is 10.9 Å². The van der Waals surface area contributed by atoms with E-state index < -0.39 is 17.5 Å². The highest BCUT2D eigenvalue weighted by atomic mass is 35.5. The number of Topliss-reactive ketones (excluding diaryl/α,β-unsaturated/α-hetero) is 1. The lowest BCUT2D eigenvalue weighted by molar-refractivity contribution is -0.136. The number of aliphatic carboxylic acids is 1. The highest BCUT2D eigenvalue weighted by Gasteiger charge is 2.21. The van der Waals surface area contributed by atoms with Crippen LogP contribution in [-0.2, 0) is 17.6 Å². The molecule has 0 amide bonds. The van der Waals surface area contributed by atoms with Gasteiger partial charge >= 0.3 is 5.97 Å². The highest BCUT2D eigenvalue weighted by Crippen LogP contribution is 2.31. The summed E-state index contributed by atoms with van der Waals surface area (Å²) in [6.45, 7) is 0. The topological polar surface area (TPSA) is 111 Å². The van der Waals surface area contributed by atoms with Crippen LogP contribution >= 0.6 is 11.6 Å². The van der Waals surface area contributed by atoms with Crippen LogP contribution in [0.1, 0.15) is 40.0 Å². The molecule has 0 aliphatic heterocycles. The Bertz CT molecular complexity index is 1150. The predicted octanol–water partition coefficient (Wildman–Crippen LogP) is 4.30. The molecule has 0 saturated heterocycles. The Hall–Kier alpha value is -3.43. The average Bonchev–Trinajstić information content (AvgIpc) is 2.71. The number of carbonyl (C=O) groups is 2. The van der Waals surface area contributed by atoms with Gasteiger partial charge in [0.1, 0.15) is 17.3 Å². The van der Waals surface area contributed by atoms with Crippen LogP contribution in [0.2, 0.25) is 5.02 Å². The fourth-order valence-corrected chi connectivity index (χ4v) is 3.38. The minimum Gasteiger partial charge on any atom is -0.504 e. The fourth-order valence-electron chi connectivity index (χ4n) is 3.15. The number of para-hydroxylation sites is 1. The summed E-state index contributed by atoms with van der Waals surface area (Å²) in [5.74, 6) is -2.26. The third-order valence-electron chi connectivity index (χ3n) is 4.64. The van der Waals surface area contributed by atoms with Gasteiger partial charge in [-0.3, -0.25) is 9.59 Å². The molecule has 0 unspecified atom stereocenters. The van der Waals surface area contributed by atoms with E-state index in [2.05, 4.69) is 4.98 Å². The largest absolute Gasteiger partial charge is 0.504 e. The van der Waals surface area contributed by atoms with Crippen LogP contribution in [0, 0.1) is 11.3 Å². The Morgan fingerprint density at radius 2 is 1.72 bits per heavy atom. The van der Waals surface area contributed by atoms with E-state index in [0.717, 1.165) is 11.1 Å². The molecule has 6 nitrogen and oxygen atoms in total. The second kappa shape index (κ2) is 8.72. The summed E-state index contributed by atoms with van der Waals surface area (Å²) in [6.07, 6.45) is 0.500. The minimum atomic E-state index is -1.13. The van der Waals surface area contributed by atoms with Crippen LogP contribution in [0.5, 0.6) is 5.75 Å². The Labute approximate surface area is 172 Å². The number of rotatable bonds is 7. The summed E-state index contributed by atoms with van der Waals surface area (Å²) in [6, 6.07) is 14.7. The molecule has 1 heterocycles. The van der Waals surface area contributed by atoms with Gasteiger partial charge in [0.25, 0.3) is 0 Å². The van der Waals surface area contributed by atoms with E-state index in [1.165, 1.54) is 0 Å². The van der Waals surface area contributed by atoms with Crippen LogP contribution in [0.15, 0.2) is 42.5 Å². The summed E-state index contributed by atoms with van der Waals surface area (Å²) in [4.78, 5) is 27.5. The summed E-state index contributed by atoms with van der Waals surface area (Å²) >= 11 is 6.22. The number of halogens is 1. The smallest absolute Gasteiger partial charge is 0.303 e. The first-order valence-electron chi connectivity index (χ1n) is 8.95. The molecule has 0 atom stereocenters. The molecule has 7 heteroatoms. The van der Waals surface area contributed by atoms with E-state index in [0.29, 0.717) is 28.8 Å². The number of nitriles is 1. The van der Waals surface area contributed by atoms with E-state index in [1.807, 2.05) is 36.4 Å². The zero-order valence-electron chi connectivity index (χ0n) is 15.4. The first kappa shape index (κ1) is 20.3. The van der Waals surface area contributed by atoms with Gasteiger partial charge in [0, 0.05) is 16.8 Å². The number of hydrogen-bond donors (Lipinski definition) is 2. The molecule has 3 rings (SSSR count). The second-order valence-electron chi connectivity index (χ2n) is 6.52. The quantitative estimate of drug-likeness (QED) is 0.564. The molecule has 0 saturated carbocycles. The number of ketones is 1. The van der Waals surface area contributed by atoms with Crippen LogP contribution < -0.4 is 0 Å². The molecular formula is C22H17ClN2O4. The number of nitrogens with zero attached hydrogens (tertiary/aromatic N) is 2. The molecule has 0 spiro atoms. The van der Waals surface area contributed by atoms with Gasteiger partial charge in [-0.1, -0.05) is 48.0 Å². The van der Waals surface area contributed by atoms with E-state index in [9.17, 15) is 20.0 Å². The lowest BCUT2D eigenvalue weighted by atomic mass is 9.98. The fraction of sp³-hybridized carbons (Fsp3) is 0.182. The Kier molecular flexibility index (Phi) is 6.10. The number of carboxylic acids is 1. The first-order chi connectivity index (χ1) is 13.9. The van der Waals surface area contributed by atoms with Crippen LogP contribution in [0.3, 0.4) is 0 Å². The summed E-state index contributed by atoms with van der Waals surface area (Å²) < 4.78 is 0. The molecular weight excluding hydrogens is 392 g/mol. The maximum Gasteiger partial charge on any atom is 0.303 e. The van der Waals surface area contributed by atoms with Crippen molar-refractivity contribution in [3.8, 4) is 11.8 Å². The van der Waals surface area contributed by atoms with Crippen LogP contribution in [0.4, 0.5) is 0 Å². The Morgan fingerprint density at radius 1 is 1.03 bits per heavy atom. The highest BCUT2D eigenvalue weighted by molar-refractivity contribution is 6.31. The van der Waals surface area contributed by atoms with E-state index in [4.69, 9.17) is 16.7 Å². The van der Waals surface area contributed by atoms with Crippen LogP contribution in [-0.4, -0.2) is 26.9 Å². The van der Waals surface area contributed by atoms with Gasteiger partial charge in [-0.25, -0.2) is 4.98 Å². The van der Waals surface area contributed by atoms with Crippen molar-refractivity contribution in [2.45, 2.75) is 25.7 Å². The molecule has 0 aliphatic rings. The van der Waals surface area contributed by atoms with Gasteiger partial charge in [0.05, 0.1) is 11.9 Å². The molecule has 3 aromatic rings. The maximum absolute atomic E-state index is 12.4. The summed E-state index contributed by atoms with van der Waals surface area (Å²) in [7, 11) is 0. The van der Waals surface area contributed by atoms with Gasteiger partial charge < -0.3 is 10.2 Å². The monoisotopic (exact) mass is 408 g/mol. The van der Waals surface area contributed by atoms with E-state index in [1.54, 1.807) is 12.1 Å². The van der Waals surface area contributed by atoms with Crippen molar-refractivity contribution in [2.75, 3.05) is 0 Å². The Morgan fingerprint density at radius 3 is 2.41 bits per heavy atom. The van der Waals surface area contributed by atoms with E-state index >= 15 is 0 Å². The zero-order chi connectivity index (χ0) is 21.0. The van der Waals surface area contributed by atoms with Crippen molar-refractivity contribution in [2.24, 2.45) is 0 Å². The molecule has 0 aliphatic carbocycles. The van der Waals surface area contributed by atoms with Crippen molar-refractivity contribution < 1.29 is 19.8 Å². The number of aromatic nitrogens is 1. The number of aromatic hydroxyl groups is 1. The average molecular weight is 409 g/mol. The van der Waals surface area contributed by atoms with Gasteiger partial charge in [-0.2, -0.15) is 5.26 Å². The van der Waals surface area contributed by atoms with Crippen molar-refractivity contribution in [1.82, 2.24) is 4.98 Å². The van der Waals surface area contributed by atoms with E-state index in [-0.39, 0.29) is 24.1 Å². The molecule has 146 valence electrons. The number of hydrogen-bond acceptors (Lipinski definition) is 5. The standard InChI is InChI=1S/C22H17ClN2O4/c23-17-7-2-1-4-13(17)8-9-14-5-3-6-15-16(12-24)22(29)21(25-20(14)15)18(26)10-11-19(27)28/h1-7,29H,8-11H2,(H,27,28). The van der Waals surface area contributed by atoms with Gasteiger partial charge in [-0.05, 0) is 30.0 Å². The van der Waals surface area contributed by atoms with Gasteiger partial charge in [0.2, 0.25) is 0 Å². The minimum absolute atomic E-state index is 0.0479. The van der Waals surface area contributed by atoms with Gasteiger partial charge in [-0.15, -0.1) is 0 Å². The lowest BCUT2D eigenvalue weighted by Gasteiger charge is -2.12. The number of carboxylic acid groups (broad SMARTS) is 1. The number of benzene rings is 2. The van der Waals surface area contributed by atoms with Crippen molar-refractivity contribution in [3.63, 3.8) is 0 Å². The molecule has 0 fully saturated rings. The van der Waals surface area contributed by atoms with Crippen molar-refractivity contribution in [3.05, 3.63) is 69.9 Å². The number of carbonyl (C=O) groups excluding carboxylic acids is 1. The molecule has 2 N–H and O–H groups in total. The SMILES string of the molecule is N#Cc1c(O)c(C(=O)CCC(=O)O)nc2c(CCc3ccccc3Cl)cccc12. The molecule has 1 aromatic heterocycles. The lowest BCUT2D eigenvalue weighted by Crippen LogP contribution is -2.08. The third kappa shape index (κ3) is 4.36. The summed E-state index contributed by atoms with van der Waals surface area (Å²) in [5.41, 5.74) is 1.87. The van der Waals surface area contributed by atoms with Gasteiger partial charge in [0.15, 0.2) is 11.5 Å².